The fourth-order valence-corrected chi connectivity index (χ4v) is 2.20. The fourth-order valence-electron chi connectivity index (χ4n) is 2.20. The molecule has 2 heterocycles. The summed E-state index contributed by atoms with van der Waals surface area (Å²) in [7, 11) is 1.82. The molecule has 0 saturated heterocycles. The van der Waals surface area contributed by atoms with Crippen molar-refractivity contribution in [1.82, 2.24) is 20.0 Å². The first-order valence-corrected chi connectivity index (χ1v) is 7.01. The van der Waals surface area contributed by atoms with E-state index in [-0.39, 0.29) is 11.6 Å². The van der Waals surface area contributed by atoms with Crippen LogP contribution in [0, 0.1) is 5.82 Å². The quantitative estimate of drug-likeness (QED) is 0.780. The summed E-state index contributed by atoms with van der Waals surface area (Å²) in [5.74, 6) is 0.602. The highest BCUT2D eigenvalue weighted by Crippen LogP contribution is 2.20. The molecule has 0 spiro atoms. The zero-order valence-corrected chi connectivity index (χ0v) is 12.5. The summed E-state index contributed by atoms with van der Waals surface area (Å²) in [5.41, 5.74) is 1.32. The van der Waals surface area contributed by atoms with Crippen LogP contribution in [0.15, 0.2) is 47.2 Å². The first kappa shape index (κ1) is 15.1. The number of benzene rings is 1. The molecule has 0 radical (unpaired) electrons. The predicted molar refractivity (Wildman–Crippen MR) is 80.8 cm³/mol. The minimum atomic E-state index is -0.385. The number of pyridine rings is 1. The van der Waals surface area contributed by atoms with E-state index in [0.29, 0.717) is 30.4 Å². The molecule has 3 aromatic rings. The van der Waals surface area contributed by atoms with E-state index in [0.717, 1.165) is 5.56 Å². The minimum absolute atomic E-state index is 0.0567. The number of hydrogen-bond acceptors (Lipinski definition) is 6. The topological polar surface area (TPSA) is 75.3 Å². The maximum absolute atomic E-state index is 13.2. The first-order valence-electron chi connectivity index (χ1n) is 7.01. The second-order valence-corrected chi connectivity index (χ2v) is 5.19. The van der Waals surface area contributed by atoms with Crippen LogP contribution < -0.4 is 0 Å². The molecule has 0 atom stereocenters. The van der Waals surface area contributed by atoms with E-state index in [4.69, 9.17) is 4.52 Å². The molecule has 0 bridgehead atoms. The standard InChI is InChI=1S/C16H15FN4O2/c1-21(9-12-8-13(17)2-3-14(12)22)10-15-19-16(20-23-15)11-4-6-18-7-5-11/h2-8,22H,9-10H2,1H3. The molecule has 2 aromatic heterocycles. The summed E-state index contributed by atoms with van der Waals surface area (Å²) in [6.07, 6.45) is 3.31. The molecular weight excluding hydrogens is 299 g/mol. The zero-order valence-electron chi connectivity index (χ0n) is 12.5. The van der Waals surface area contributed by atoms with Crippen LogP contribution >= 0.6 is 0 Å². The number of phenols is 1. The van der Waals surface area contributed by atoms with Gasteiger partial charge >= 0.3 is 0 Å². The molecule has 1 N–H and O–H groups in total. The van der Waals surface area contributed by atoms with E-state index in [1.807, 2.05) is 11.9 Å². The van der Waals surface area contributed by atoms with Gasteiger partial charge in [0.15, 0.2) is 0 Å². The van der Waals surface area contributed by atoms with Gasteiger partial charge in [-0.15, -0.1) is 0 Å². The van der Waals surface area contributed by atoms with Gasteiger partial charge in [0.25, 0.3) is 0 Å². The Labute approximate surface area is 132 Å². The van der Waals surface area contributed by atoms with E-state index < -0.39 is 0 Å². The molecule has 0 unspecified atom stereocenters. The monoisotopic (exact) mass is 314 g/mol. The summed E-state index contributed by atoms with van der Waals surface area (Å²) in [4.78, 5) is 10.1. The van der Waals surface area contributed by atoms with Crippen LogP contribution in [0.2, 0.25) is 0 Å². The van der Waals surface area contributed by atoms with Crippen molar-refractivity contribution < 1.29 is 14.0 Å². The number of aromatic hydroxyl groups is 1. The Morgan fingerprint density at radius 1 is 1.17 bits per heavy atom. The van der Waals surface area contributed by atoms with Crippen LogP contribution in [-0.2, 0) is 13.1 Å². The average Bonchev–Trinajstić information content (AvgIpc) is 3.00. The molecule has 1 aromatic carbocycles. The van der Waals surface area contributed by atoms with Crippen LogP contribution in [0.4, 0.5) is 4.39 Å². The van der Waals surface area contributed by atoms with Gasteiger partial charge in [-0.1, -0.05) is 5.16 Å². The lowest BCUT2D eigenvalue weighted by Crippen LogP contribution is -2.17. The molecule has 118 valence electrons. The first-order chi connectivity index (χ1) is 11.1. The molecule has 3 rings (SSSR count). The Balaban J connectivity index is 1.68. The van der Waals surface area contributed by atoms with Crippen molar-refractivity contribution >= 4 is 0 Å². The van der Waals surface area contributed by atoms with Crippen molar-refractivity contribution in [2.45, 2.75) is 13.1 Å². The summed E-state index contributed by atoms with van der Waals surface area (Å²) in [6, 6.07) is 7.46. The Morgan fingerprint density at radius 3 is 2.74 bits per heavy atom. The molecule has 0 saturated carbocycles. The largest absolute Gasteiger partial charge is 0.508 e. The van der Waals surface area contributed by atoms with Crippen LogP contribution in [0.25, 0.3) is 11.4 Å². The van der Waals surface area contributed by atoms with Crippen LogP contribution in [0.3, 0.4) is 0 Å². The van der Waals surface area contributed by atoms with Crippen molar-refractivity contribution in [3.05, 3.63) is 60.0 Å². The molecule has 0 fully saturated rings. The molecule has 0 aliphatic rings. The van der Waals surface area contributed by atoms with Crippen LogP contribution in [0.5, 0.6) is 5.75 Å². The predicted octanol–water partition coefficient (Wildman–Crippen LogP) is 2.61. The number of aromatic nitrogens is 3. The van der Waals surface area contributed by atoms with Crippen molar-refractivity contribution in [2.75, 3.05) is 7.05 Å². The lowest BCUT2D eigenvalue weighted by Gasteiger charge is -2.15. The van der Waals surface area contributed by atoms with Gasteiger partial charge in [-0.2, -0.15) is 4.98 Å². The number of halogens is 1. The van der Waals surface area contributed by atoms with Gasteiger partial charge in [0.05, 0.1) is 6.54 Å². The van der Waals surface area contributed by atoms with Crippen LogP contribution in [0.1, 0.15) is 11.5 Å². The smallest absolute Gasteiger partial charge is 0.241 e. The third kappa shape index (κ3) is 3.70. The molecule has 0 aliphatic heterocycles. The fraction of sp³-hybridized carbons (Fsp3) is 0.188. The van der Waals surface area contributed by atoms with Crippen molar-refractivity contribution in [3.63, 3.8) is 0 Å². The SMILES string of the molecule is CN(Cc1nc(-c2ccncc2)no1)Cc1cc(F)ccc1O. The van der Waals surface area contributed by atoms with Gasteiger partial charge in [-0.25, -0.2) is 4.39 Å². The van der Waals surface area contributed by atoms with Crippen molar-refractivity contribution in [3.8, 4) is 17.1 Å². The van der Waals surface area contributed by atoms with Gasteiger partial charge in [-0.3, -0.25) is 9.88 Å². The molecule has 0 aliphatic carbocycles. The maximum Gasteiger partial charge on any atom is 0.241 e. The number of phenolic OH excluding ortho intramolecular Hbond substituents is 1. The summed E-state index contributed by atoms with van der Waals surface area (Å²) < 4.78 is 18.5. The maximum atomic E-state index is 13.2. The highest BCUT2D eigenvalue weighted by Gasteiger charge is 2.12. The van der Waals surface area contributed by atoms with E-state index in [9.17, 15) is 9.50 Å². The summed E-state index contributed by atoms with van der Waals surface area (Å²) in [5, 5.41) is 13.7. The van der Waals surface area contributed by atoms with Gasteiger partial charge in [0.2, 0.25) is 11.7 Å². The van der Waals surface area contributed by atoms with E-state index >= 15 is 0 Å². The van der Waals surface area contributed by atoms with Gasteiger partial charge in [0.1, 0.15) is 11.6 Å². The third-order valence-corrected chi connectivity index (χ3v) is 3.29. The van der Waals surface area contributed by atoms with E-state index in [1.165, 1.54) is 18.2 Å². The molecular formula is C16H15FN4O2. The second-order valence-electron chi connectivity index (χ2n) is 5.19. The molecule has 6 nitrogen and oxygen atoms in total. The van der Waals surface area contributed by atoms with E-state index in [1.54, 1.807) is 24.5 Å². The van der Waals surface area contributed by atoms with Gasteiger partial charge < -0.3 is 9.63 Å². The number of nitrogens with zero attached hydrogens (tertiary/aromatic N) is 4. The van der Waals surface area contributed by atoms with Gasteiger partial charge in [0, 0.05) is 30.1 Å². The number of hydrogen-bond donors (Lipinski definition) is 1. The lowest BCUT2D eigenvalue weighted by atomic mass is 10.2. The Morgan fingerprint density at radius 2 is 1.96 bits per heavy atom. The van der Waals surface area contributed by atoms with Crippen molar-refractivity contribution in [2.24, 2.45) is 0 Å². The van der Waals surface area contributed by atoms with Crippen molar-refractivity contribution in [1.29, 1.82) is 0 Å². The van der Waals surface area contributed by atoms with Crippen LogP contribution in [-0.4, -0.2) is 32.2 Å². The van der Waals surface area contributed by atoms with Gasteiger partial charge in [-0.05, 0) is 37.4 Å². The third-order valence-electron chi connectivity index (χ3n) is 3.29. The normalized spacial score (nSPS) is 11.1. The highest BCUT2D eigenvalue weighted by molar-refractivity contribution is 5.52. The van der Waals surface area contributed by atoms with E-state index in [2.05, 4.69) is 15.1 Å². The lowest BCUT2D eigenvalue weighted by molar-refractivity contribution is 0.258. The Kier molecular flexibility index (Phi) is 4.29. The molecule has 23 heavy (non-hydrogen) atoms. The molecule has 7 heteroatoms. The second kappa shape index (κ2) is 6.53. The Bertz CT molecular complexity index is 792. The molecule has 0 amide bonds. The number of rotatable bonds is 5. The average molecular weight is 314 g/mol. The summed E-state index contributed by atoms with van der Waals surface area (Å²) >= 11 is 0. The Hall–Kier alpha value is -2.80. The summed E-state index contributed by atoms with van der Waals surface area (Å²) in [6.45, 7) is 0.741. The minimum Gasteiger partial charge on any atom is -0.508 e. The zero-order chi connectivity index (χ0) is 16.2. The highest BCUT2D eigenvalue weighted by atomic mass is 19.1.